The maximum absolute atomic E-state index is 5.40. The first-order chi connectivity index (χ1) is 5.26. The van der Waals surface area contributed by atoms with E-state index in [-0.39, 0.29) is 0 Å². The third-order valence-electron chi connectivity index (χ3n) is 1.96. The second kappa shape index (κ2) is 6.62. The summed E-state index contributed by atoms with van der Waals surface area (Å²) in [6.07, 6.45) is 5.05. The van der Waals surface area contributed by atoms with E-state index in [1.165, 1.54) is 18.4 Å². The summed E-state index contributed by atoms with van der Waals surface area (Å²) in [6.45, 7) is 8.39. The van der Waals surface area contributed by atoms with Crippen LogP contribution in [0.5, 0.6) is 0 Å². The molecule has 0 heterocycles. The zero-order valence-corrected chi connectivity index (χ0v) is 10.0. The van der Waals surface area contributed by atoms with E-state index >= 15 is 0 Å². The number of hydrogen-bond donors (Lipinski definition) is 0. The zero-order valence-electron chi connectivity index (χ0n) is 8.02. The molecule has 0 aliphatic rings. The van der Waals surface area contributed by atoms with Crippen LogP contribution >= 0.6 is 0 Å². The predicted molar refractivity (Wildman–Crippen MR) is 53.8 cm³/mol. The summed E-state index contributed by atoms with van der Waals surface area (Å²) in [7, 11) is 0.828. The lowest BCUT2D eigenvalue weighted by molar-refractivity contribution is 0.250. The quantitative estimate of drug-likeness (QED) is 0.438. The normalized spacial score (nSPS) is 13.3. The molecule has 0 aromatic heterocycles. The molecule has 0 radical (unpaired) electrons. The van der Waals surface area contributed by atoms with Crippen molar-refractivity contribution in [2.75, 3.05) is 0 Å². The fraction of sp³-hybridized carbons (Fsp3) is 0.778. The van der Waals surface area contributed by atoms with E-state index in [9.17, 15) is 0 Å². The van der Waals surface area contributed by atoms with Gasteiger partial charge < -0.3 is 4.43 Å². The van der Waals surface area contributed by atoms with E-state index < -0.39 is 0 Å². The molecule has 0 aromatic rings. The molecule has 1 nitrogen and oxygen atoms in total. The first-order valence-electron chi connectivity index (χ1n) is 4.46. The SMILES string of the molecule is C=C(CCCC)C(CC)O[SiH3]. The van der Waals surface area contributed by atoms with Crippen molar-refractivity contribution in [3.05, 3.63) is 12.2 Å². The van der Waals surface area contributed by atoms with Gasteiger partial charge in [-0.05, 0) is 19.3 Å². The van der Waals surface area contributed by atoms with Gasteiger partial charge in [-0.25, -0.2) is 0 Å². The standard InChI is InChI=1S/C9H20OSi/c1-4-6-7-8(3)9(5-2)10-11/h9H,3-7H2,1-2,11H3. The van der Waals surface area contributed by atoms with Gasteiger partial charge in [0.2, 0.25) is 0 Å². The summed E-state index contributed by atoms with van der Waals surface area (Å²) in [6, 6.07) is 0. The first-order valence-corrected chi connectivity index (χ1v) is 5.28. The van der Waals surface area contributed by atoms with E-state index in [2.05, 4.69) is 20.4 Å². The Labute approximate surface area is 73.4 Å². The van der Waals surface area contributed by atoms with Gasteiger partial charge in [0.05, 0.1) is 6.10 Å². The molecule has 0 rings (SSSR count). The van der Waals surface area contributed by atoms with Crippen LogP contribution in [0.1, 0.15) is 39.5 Å². The Morgan fingerprint density at radius 1 is 1.55 bits per heavy atom. The van der Waals surface area contributed by atoms with Gasteiger partial charge in [-0.1, -0.05) is 32.4 Å². The highest BCUT2D eigenvalue weighted by atomic mass is 28.2. The summed E-state index contributed by atoms with van der Waals surface area (Å²) in [4.78, 5) is 0. The molecule has 0 saturated carbocycles. The fourth-order valence-corrected chi connectivity index (χ4v) is 1.85. The van der Waals surface area contributed by atoms with Crippen molar-refractivity contribution in [2.45, 2.75) is 45.6 Å². The number of unbranched alkanes of at least 4 members (excludes halogenated alkanes) is 1. The minimum absolute atomic E-state index is 0.341. The Balaban J connectivity index is 3.61. The van der Waals surface area contributed by atoms with Gasteiger partial charge in [0.1, 0.15) is 10.5 Å². The van der Waals surface area contributed by atoms with Crippen LogP contribution in [0.4, 0.5) is 0 Å². The topological polar surface area (TPSA) is 9.23 Å². The van der Waals surface area contributed by atoms with Crippen LogP contribution in [0.3, 0.4) is 0 Å². The molecule has 0 bridgehead atoms. The smallest absolute Gasteiger partial charge is 0.146 e. The summed E-state index contributed by atoms with van der Waals surface area (Å²) >= 11 is 0. The fourth-order valence-electron chi connectivity index (χ4n) is 1.19. The molecule has 0 saturated heterocycles. The average Bonchev–Trinajstić information content (AvgIpc) is 2.03. The van der Waals surface area contributed by atoms with Crippen LogP contribution in [-0.4, -0.2) is 16.6 Å². The molecule has 11 heavy (non-hydrogen) atoms. The molecule has 1 atom stereocenters. The van der Waals surface area contributed by atoms with E-state index in [1.807, 2.05) is 0 Å². The molecule has 2 heteroatoms. The average molecular weight is 172 g/mol. The Hall–Kier alpha value is -0.0831. The second-order valence-electron chi connectivity index (χ2n) is 2.89. The van der Waals surface area contributed by atoms with E-state index in [4.69, 9.17) is 4.43 Å². The van der Waals surface area contributed by atoms with Crippen LogP contribution < -0.4 is 0 Å². The molecule has 0 aliphatic carbocycles. The molecule has 0 fully saturated rings. The van der Waals surface area contributed by atoms with Crippen molar-refractivity contribution in [3.8, 4) is 0 Å². The third-order valence-corrected chi connectivity index (χ3v) is 2.53. The van der Waals surface area contributed by atoms with Crippen molar-refractivity contribution < 1.29 is 4.43 Å². The zero-order chi connectivity index (χ0) is 8.69. The van der Waals surface area contributed by atoms with Crippen molar-refractivity contribution in [2.24, 2.45) is 0 Å². The largest absolute Gasteiger partial charge is 0.421 e. The Morgan fingerprint density at radius 3 is 2.55 bits per heavy atom. The molecule has 0 amide bonds. The highest BCUT2D eigenvalue weighted by molar-refractivity contribution is 5.98. The predicted octanol–water partition coefficient (Wildman–Crippen LogP) is 1.81. The van der Waals surface area contributed by atoms with Crippen LogP contribution in [-0.2, 0) is 4.43 Å². The molecule has 0 N–H and O–H groups in total. The minimum Gasteiger partial charge on any atom is -0.421 e. The van der Waals surface area contributed by atoms with E-state index in [0.717, 1.165) is 23.3 Å². The Kier molecular flexibility index (Phi) is 6.57. The molecule has 66 valence electrons. The lowest BCUT2D eigenvalue weighted by atomic mass is 10.0. The highest BCUT2D eigenvalue weighted by Crippen LogP contribution is 2.14. The van der Waals surface area contributed by atoms with Gasteiger partial charge in [0.15, 0.2) is 0 Å². The van der Waals surface area contributed by atoms with Crippen LogP contribution in [0.25, 0.3) is 0 Å². The highest BCUT2D eigenvalue weighted by Gasteiger charge is 2.06. The van der Waals surface area contributed by atoms with Crippen molar-refractivity contribution in [1.82, 2.24) is 0 Å². The number of rotatable bonds is 6. The summed E-state index contributed by atoms with van der Waals surface area (Å²) in [5.74, 6) is 0. The van der Waals surface area contributed by atoms with Gasteiger partial charge in [-0.2, -0.15) is 0 Å². The maximum Gasteiger partial charge on any atom is 0.146 e. The van der Waals surface area contributed by atoms with Crippen molar-refractivity contribution >= 4 is 10.5 Å². The van der Waals surface area contributed by atoms with Gasteiger partial charge in [0.25, 0.3) is 0 Å². The Morgan fingerprint density at radius 2 is 2.18 bits per heavy atom. The lowest BCUT2D eigenvalue weighted by Crippen LogP contribution is -2.12. The molecular formula is C9H20OSi. The summed E-state index contributed by atoms with van der Waals surface area (Å²) in [5.41, 5.74) is 1.28. The molecular weight excluding hydrogens is 152 g/mol. The van der Waals surface area contributed by atoms with Crippen molar-refractivity contribution in [3.63, 3.8) is 0 Å². The summed E-state index contributed by atoms with van der Waals surface area (Å²) in [5, 5.41) is 0. The van der Waals surface area contributed by atoms with Gasteiger partial charge >= 0.3 is 0 Å². The van der Waals surface area contributed by atoms with Gasteiger partial charge in [-0.15, -0.1) is 0 Å². The van der Waals surface area contributed by atoms with Crippen LogP contribution in [0.15, 0.2) is 12.2 Å². The van der Waals surface area contributed by atoms with E-state index in [0.29, 0.717) is 6.10 Å². The lowest BCUT2D eigenvalue weighted by Gasteiger charge is -2.16. The second-order valence-corrected chi connectivity index (χ2v) is 3.37. The molecule has 0 aromatic carbocycles. The minimum atomic E-state index is 0.341. The summed E-state index contributed by atoms with van der Waals surface area (Å²) < 4.78 is 5.40. The number of hydrogen-bond acceptors (Lipinski definition) is 1. The maximum atomic E-state index is 5.40. The third kappa shape index (κ3) is 4.38. The monoisotopic (exact) mass is 172 g/mol. The molecule has 1 unspecified atom stereocenters. The first kappa shape index (κ1) is 10.9. The van der Waals surface area contributed by atoms with Crippen molar-refractivity contribution in [1.29, 1.82) is 0 Å². The molecule has 0 spiro atoms. The Bertz CT molecular complexity index is 108. The van der Waals surface area contributed by atoms with Crippen LogP contribution in [0.2, 0.25) is 0 Å². The van der Waals surface area contributed by atoms with Gasteiger partial charge in [-0.3, -0.25) is 0 Å². The van der Waals surface area contributed by atoms with Gasteiger partial charge in [0, 0.05) is 0 Å². The van der Waals surface area contributed by atoms with Crippen LogP contribution in [0, 0.1) is 0 Å². The molecule has 0 aliphatic heterocycles. The van der Waals surface area contributed by atoms with E-state index in [1.54, 1.807) is 0 Å².